The zero-order valence-electron chi connectivity index (χ0n) is 14.7. The van der Waals surface area contributed by atoms with E-state index in [1.54, 1.807) is 24.4 Å². The number of hydrogen-bond acceptors (Lipinski definition) is 3. The molecule has 6 nitrogen and oxygen atoms in total. The first kappa shape index (κ1) is 17.4. The third-order valence-corrected chi connectivity index (χ3v) is 4.98. The molecular formula is C20H18ClN3O3. The number of fused-ring (bicyclic) bond motifs is 2. The van der Waals surface area contributed by atoms with E-state index in [1.807, 2.05) is 35.9 Å². The zero-order valence-corrected chi connectivity index (χ0v) is 15.4. The molecule has 27 heavy (non-hydrogen) atoms. The highest BCUT2D eigenvalue weighted by molar-refractivity contribution is 6.30. The Morgan fingerprint density at radius 3 is 2.85 bits per heavy atom. The van der Waals surface area contributed by atoms with Gasteiger partial charge in [-0.2, -0.15) is 0 Å². The fourth-order valence-corrected chi connectivity index (χ4v) is 3.54. The quantitative estimate of drug-likeness (QED) is 0.668. The van der Waals surface area contributed by atoms with Crippen LogP contribution in [0.1, 0.15) is 15.9 Å². The van der Waals surface area contributed by atoms with E-state index in [2.05, 4.69) is 10.9 Å². The first-order chi connectivity index (χ1) is 13.0. The Morgan fingerprint density at radius 1 is 1.19 bits per heavy atom. The summed E-state index contributed by atoms with van der Waals surface area (Å²) in [4.78, 5) is 25.0. The number of rotatable bonds is 2. The van der Waals surface area contributed by atoms with E-state index in [0.717, 1.165) is 22.2 Å². The molecule has 138 valence electrons. The molecular weight excluding hydrogens is 366 g/mol. The number of benzene rings is 2. The molecule has 0 fully saturated rings. The maximum absolute atomic E-state index is 12.5. The van der Waals surface area contributed by atoms with Crippen LogP contribution in [0.25, 0.3) is 10.9 Å². The van der Waals surface area contributed by atoms with E-state index in [9.17, 15) is 9.59 Å². The molecule has 2 N–H and O–H groups in total. The molecule has 0 bridgehead atoms. The molecule has 0 saturated carbocycles. The topological polar surface area (TPSA) is 72.4 Å². The number of hydrazine groups is 1. The predicted octanol–water partition coefficient (Wildman–Crippen LogP) is 2.84. The van der Waals surface area contributed by atoms with Gasteiger partial charge < -0.3 is 9.30 Å². The second-order valence-electron chi connectivity index (χ2n) is 6.58. The number of halogens is 1. The first-order valence-electron chi connectivity index (χ1n) is 8.58. The van der Waals surface area contributed by atoms with Crippen molar-refractivity contribution in [1.82, 2.24) is 15.4 Å². The molecule has 1 aliphatic heterocycles. The standard InChI is InChI=1S/C20H18ClN3O3/c1-24-10-16(15-4-2-3-5-17(15)24)20(26)23-22-19(25)13-8-12-9-14(21)6-7-18(12)27-11-13/h2-7,9-10,13H,8,11H2,1H3,(H,22,25)(H,23,26)/t13-/m1/s1. The van der Waals surface area contributed by atoms with Crippen LogP contribution in [-0.2, 0) is 18.3 Å². The second kappa shape index (κ2) is 6.96. The molecule has 0 unspecified atom stereocenters. The fraction of sp³-hybridized carbons (Fsp3) is 0.200. The van der Waals surface area contributed by atoms with E-state index in [4.69, 9.17) is 16.3 Å². The van der Waals surface area contributed by atoms with E-state index < -0.39 is 5.92 Å². The van der Waals surface area contributed by atoms with Gasteiger partial charge in [-0.25, -0.2) is 0 Å². The monoisotopic (exact) mass is 383 g/mol. The van der Waals surface area contributed by atoms with Crippen LogP contribution in [0.3, 0.4) is 0 Å². The van der Waals surface area contributed by atoms with Crippen molar-refractivity contribution in [2.24, 2.45) is 13.0 Å². The Labute approximate surface area is 161 Å². The van der Waals surface area contributed by atoms with Gasteiger partial charge in [0.05, 0.1) is 11.5 Å². The van der Waals surface area contributed by atoms with Gasteiger partial charge in [0.25, 0.3) is 5.91 Å². The lowest BCUT2D eigenvalue weighted by Gasteiger charge is -2.24. The maximum Gasteiger partial charge on any atom is 0.271 e. The summed E-state index contributed by atoms with van der Waals surface area (Å²) >= 11 is 6.01. The summed E-state index contributed by atoms with van der Waals surface area (Å²) in [7, 11) is 1.87. The van der Waals surface area contributed by atoms with Crippen molar-refractivity contribution in [3.63, 3.8) is 0 Å². The molecule has 1 atom stereocenters. The van der Waals surface area contributed by atoms with Crippen LogP contribution < -0.4 is 15.6 Å². The van der Waals surface area contributed by atoms with E-state index in [1.165, 1.54) is 0 Å². The Kier molecular flexibility index (Phi) is 4.49. The maximum atomic E-state index is 12.5. The number of nitrogens with zero attached hydrogens (tertiary/aromatic N) is 1. The summed E-state index contributed by atoms with van der Waals surface area (Å²) in [5, 5.41) is 1.43. The lowest BCUT2D eigenvalue weighted by Crippen LogP contribution is -2.47. The van der Waals surface area contributed by atoms with Crippen molar-refractivity contribution in [3.05, 3.63) is 64.8 Å². The number of amides is 2. The van der Waals surface area contributed by atoms with Gasteiger partial charge in [-0.3, -0.25) is 20.4 Å². The molecule has 2 amide bonds. The highest BCUT2D eigenvalue weighted by Gasteiger charge is 2.26. The van der Waals surface area contributed by atoms with Gasteiger partial charge in [-0.1, -0.05) is 29.8 Å². The molecule has 2 aromatic carbocycles. The van der Waals surface area contributed by atoms with Gasteiger partial charge in [0.2, 0.25) is 5.91 Å². The fourth-order valence-electron chi connectivity index (χ4n) is 3.34. The molecule has 7 heteroatoms. The number of aromatic nitrogens is 1. The van der Waals surface area contributed by atoms with Crippen LogP contribution in [0.4, 0.5) is 0 Å². The first-order valence-corrected chi connectivity index (χ1v) is 8.96. The van der Waals surface area contributed by atoms with Crippen LogP contribution in [0.2, 0.25) is 5.02 Å². The third-order valence-electron chi connectivity index (χ3n) is 4.74. The average molecular weight is 384 g/mol. The zero-order chi connectivity index (χ0) is 19.0. The van der Waals surface area contributed by atoms with Crippen LogP contribution in [-0.4, -0.2) is 23.0 Å². The van der Waals surface area contributed by atoms with Crippen molar-refractivity contribution < 1.29 is 14.3 Å². The van der Waals surface area contributed by atoms with Crippen molar-refractivity contribution >= 4 is 34.3 Å². The Hall–Kier alpha value is -2.99. The predicted molar refractivity (Wildman–Crippen MR) is 103 cm³/mol. The molecule has 0 aliphatic carbocycles. The Bertz CT molecular complexity index is 1040. The number of carbonyl (C=O) groups is 2. The van der Waals surface area contributed by atoms with Gasteiger partial charge in [0.1, 0.15) is 12.4 Å². The number of nitrogens with one attached hydrogen (secondary N) is 2. The second-order valence-corrected chi connectivity index (χ2v) is 7.01. The lowest BCUT2D eigenvalue weighted by molar-refractivity contribution is -0.127. The molecule has 0 saturated heterocycles. The highest BCUT2D eigenvalue weighted by Crippen LogP contribution is 2.29. The summed E-state index contributed by atoms with van der Waals surface area (Å²) in [6.07, 6.45) is 2.25. The Balaban J connectivity index is 1.43. The van der Waals surface area contributed by atoms with E-state index in [0.29, 0.717) is 17.0 Å². The van der Waals surface area contributed by atoms with E-state index in [-0.39, 0.29) is 18.4 Å². The van der Waals surface area contributed by atoms with Crippen LogP contribution in [0.5, 0.6) is 5.75 Å². The normalized spacial score (nSPS) is 15.7. The van der Waals surface area contributed by atoms with Gasteiger partial charge >= 0.3 is 0 Å². The van der Waals surface area contributed by atoms with Crippen LogP contribution in [0.15, 0.2) is 48.7 Å². The highest BCUT2D eigenvalue weighted by atomic mass is 35.5. The smallest absolute Gasteiger partial charge is 0.271 e. The number of aryl methyl sites for hydroxylation is 1. The van der Waals surface area contributed by atoms with Crippen LogP contribution in [0, 0.1) is 5.92 Å². The summed E-state index contributed by atoms with van der Waals surface area (Å²) in [5.74, 6) is -0.318. The Morgan fingerprint density at radius 2 is 2.00 bits per heavy atom. The molecule has 2 heterocycles. The van der Waals surface area contributed by atoms with Crippen molar-refractivity contribution in [2.75, 3.05) is 6.61 Å². The number of para-hydroxylation sites is 1. The van der Waals surface area contributed by atoms with Gasteiger partial charge in [-0.05, 0) is 36.2 Å². The van der Waals surface area contributed by atoms with Gasteiger partial charge in [-0.15, -0.1) is 0 Å². The van der Waals surface area contributed by atoms with Crippen molar-refractivity contribution in [3.8, 4) is 5.75 Å². The average Bonchev–Trinajstić information content (AvgIpc) is 3.02. The van der Waals surface area contributed by atoms with Crippen molar-refractivity contribution in [2.45, 2.75) is 6.42 Å². The third kappa shape index (κ3) is 3.36. The van der Waals surface area contributed by atoms with Crippen molar-refractivity contribution in [1.29, 1.82) is 0 Å². The van der Waals surface area contributed by atoms with Gasteiger partial charge in [0.15, 0.2) is 0 Å². The number of hydrogen-bond donors (Lipinski definition) is 2. The molecule has 0 spiro atoms. The minimum Gasteiger partial charge on any atom is -0.492 e. The van der Waals surface area contributed by atoms with Crippen LogP contribution >= 0.6 is 11.6 Å². The largest absolute Gasteiger partial charge is 0.492 e. The molecule has 0 radical (unpaired) electrons. The minimum atomic E-state index is -0.399. The summed E-state index contributed by atoms with van der Waals surface area (Å²) < 4.78 is 7.51. The molecule has 3 aromatic rings. The molecule has 1 aromatic heterocycles. The lowest BCUT2D eigenvalue weighted by atomic mass is 9.96. The summed E-state index contributed by atoms with van der Waals surface area (Å²) in [6, 6.07) is 13.0. The minimum absolute atomic E-state index is 0.255. The number of ether oxygens (including phenoxy) is 1. The summed E-state index contributed by atoms with van der Waals surface area (Å²) in [5.41, 5.74) is 7.35. The molecule has 1 aliphatic rings. The van der Waals surface area contributed by atoms with Gasteiger partial charge in [0, 0.05) is 29.2 Å². The molecule has 4 rings (SSSR count). The van der Waals surface area contributed by atoms with E-state index >= 15 is 0 Å². The number of carbonyl (C=O) groups excluding carboxylic acids is 2. The SMILES string of the molecule is Cn1cc(C(=O)NNC(=O)[C@H]2COc3ccc(Cl)cc3C2)c2ccccc21. The summed E-state index contributed by atoms with van der Waals surface area (Å²) in [6.45, 7) is 0.255.